The summed E-state index contributed by atoms with van der Waals surface area (Å²) < 4.78 is 33.3. The van der Waals surface area contributed by atoms with Crippen molar-refractivity contribution in [2.24, 2.45) is 5.41 Å². The van der Waals surface area contributed by atoms with Crippen LogP contribution in [0.15, 0.2) is 36.9 Å². The molecule has 1 aromatic heterocycles. The van der Waals surface area contributed by atoms with Gasteiger partial charge in [0.15, 0.2) is 18.2 Å². The third-order valence-corrected chi connectivity index (χ3v) is 3.59. The highest BCUT2D eigenvalue weighted by Gasteiger charge is 2.26. The third kappa shape index (κ3) is 5.04. The molecule has 0 radical (unpaired) electrons. The largest absolute Gasteiger partial charge is 0.481 e. The van der Waals surface area contributed by atoms with E-state index < -0.39 is 11.6 Å². The van der Waals surface area contributed by atoms with E-state index in [-0.39, 0.29) is 29.7 Å². The van der Waals surface area contributed by atoms with E-state index in [1.165, 1.54) is 0 Å². The molecule has 7 heteroatoms. The SMILES string of the molecule is CC(C)(C)C(Cn1ccnc1)NC(=O)COc1ccc(F)cc1F. The van der Waals surface area contributed by atoms with Gasteiger partial charge >= 0.3 is 0 Å². The van der Waals surface area contributed by atoms with Crippen LogP contribution < -0.4 is 10.1 Å². The van der Waals surface area contributed by atoms with Crippen LogP contribution in [0.25, 0.3) is 0 Å². The first-order valence-corrected chi connectivity index (χ1v) is 7.58. The standard InChI is InChI=1S/C17H21F2N3O2/c1-17(2,3)15(9-22-7-6-20-11-22)21-16(23)10-24-14-5-4-12(18)8-13(14)19/h4-8,11,15H,9-10H2,1-3H3,(H,21,23). The highest BCUT2D eigenvalue weighted by atomic mass is 19.1. The summed E-state index contributed by atoms with van der Waals surface area (Å²) in [6, 6.07) is 2.78. The molecule has 0 saturated carbocycles. The first kappa shape index (κ1) is 17.9. The van der Waals surface area contributed by atoms with Crippen molar-refractivity contribution >= 4 is 5.91 Å². The molecule has 0 saturated heterocycles. The highest BCUT2D eigenvalue weighted by molar-refractivity contribution is 5.77. The van der Waals surface area contributed by atoms with Gasteiger partial charge in [-0.05, 0) is 17.5 Å². The Bertz CT molecular complexity index is 682. The number of carbonyl (C=O) groups excluding carboxylic acids is 1. The van der Waals surface area contributed by atoms with Gasteiger partial charge in [0, 0.05) is 25.0 Å². The minimum atomic E-state index is -0.839. The molecule has 0 aliphatic rings. The van der Waals surface area contributed by atoms with E-state index in [4.69, 9.17) is 4.74 Å². The lowest BCUT2D eigenvalue weighted by Crippen LogP contribution is -2.47. The average Bonchev–Trinajstić information content (AvgIpc) is 2.98. The zero-order chi connectivity index (χ0) is 17.7. The van der Waals surface area contributed by atoms with Gasteiger partial charge in [0.2, 0.25) is 0 Å². The van der Waals surface area contributed by atoms with E-state index in [2.05, 4.69) is 10.3 Å². The Morgan fingerprint density at radius 2 is 2.12 bits per heavy atom. The van der Waals surface area contributed by atoms with Crippen LogP contribution in [0.4, 0.5) is 8.78 Å². The molecule has 1 atom stereocenters. The molecule has 2 aromatic rings. The molecule has 2 rings (SSSR count). The number of rotatable bonds is 6. The summed E-state index contributed by atoms with van der Waals surface area (Å²) in [5.74, 6) is -2.07. The van der Waals surface area contributed by atoms with Crippen LogP contribution >= 0.6 is 0 Å². The van der Waals surface area contributed by atoms with Gasteiger partial charge in [-0.3, -0.25) is 4.79 Å². The Balaban J connectivity index is 1.95. The molecule has 0 spiro atoms. The quantitative estimate of drug-likeness (QED) is 0.882. The minimum absolute atomic E-state index is 0.159. The molecule has 5 nitrogen and oxygen atoms in total. The zero-order valence-corrected chi connectivity index (χ0v) is 13.9. The Morgan fingerprint density at radius 1 is 1.38 bits per heavy atom. The number of nitrogens with zero attached hydrogens (tertiary/aromatic N) is 2. The van der Waals surface area contributed by atoms with Crippen LogP contribution in [0.2, 0.25) is 0 Å². The molecule has 1 heterocycles. The number of amides is 1. The topological polar surface area (TPSA) is 56.2 Å². The van der Waals surface area contributed by atoms with Gasteiger partial charge in [-0.1, -0.05) is 20.8 Å². The third-order valence-electron chi connectivity index (χ3n) is 3.59. The summed E-state index contributed by atoms with van der Waals surface area (Å²) in [4.78, 5) is 16.1. The van der Waals surface area contributed by atoms with Gasteiger partial charge in [-0.2, -0.15) is 0 Å². The van der Waals surface area contributed by atoms with Crippen LogP contribution in [-0.4, -0.2) is 28.1 Å². The van der Waals surface area contributed by atoms with Crippen molar-refractivity contribution in [1.82, 2.24) is 14.9 Å². The maximum absolute atomic E-state index is 13.5. The molecule has 0 aliphatic heterocycles. The summed E-state index contributed by atoms with van der Waals surface area (Å²) >= 11 is 0. The Hall–Kier alpha value is -2.44. The zero-order valence-electron chi connectivity index (χ0n) is 13.9. The number of nitrogens with one attached hydrogen (secondary N) is 1. The molecule has 0 bridgehead atoms. The van der Waals surface area contributed by atoms with Crippen LogP contribution in [0.3, 0.4) is 0 Å². The fourth-order valence-electron chi connectivity index (χ4n) is 2.11. The van der Waals surface area contributed by atoms with Gasteiger partial charge in [-0.25, -0.2) is 13.8 Å². The highest BCUT2D eigenvalue weighted by Crippen LogP contribution is 2.21. The second kappa shape index (κ2) is 7.42. The molecular formula is C17H21F2N3O2. The number of hydrogen-bond donors (Lipinski definition) is 1. The van der Waals surface area contributed by atoms with Crippen LogP contribution in [0.5, 0.6) is 5.75 Å². The predicted molar refractivity (Wildman–Crippen MR) is 85.5 cm³/mol. The van der Waals surface area contributed by atoms with Crippen molar-refractivity contribution in [1.29, 1.82) is 0 Å². The van der Waals surface area contributed by atoms with Gasteiger partial charge < -0.3 is 14.6 Å². The van der Waals surface area contributed by atoms with E-state index in [1.54, 1.807) is 12.5 Å². The summed E-state index contributed by atoms with van der Waals surface area (Å²) in [5.41, 5.74) is -0.193. The summed E-state index contributed by atoms with van der Waals surface area (Å²) in [6.07, 6.45) is 5.16. The predicted octanol–water partition coefficient (Wildman–Crippen LogP) is 2.77. The fourth-order valence-corrected chi connectivity index (χ4v) is 2.11. The van der Waals surface area contributed by atoms with Crippen molar-refractivity contribution in [2.75, 3.05) is 6.61 Å². The fraction of sp³-hybridized carbons (Fsp3) is 0.412. The van der Waals surface area contributed by atoms with Crippen molar-refractivity contribution in [3.05, 3.63) is 48.6 Å². The van der Waals surface area contributed by atoms with Crippen LogP contribution in [-0.2, 0) is 11.3 Å². The van der Waals surface area contributed by atoms with Crippen molar-refractivity contribution in [3.63, 3.8) is 0 Å². The summed E-state index contributed by atoms with van der Waals surface area (Å²) in [7, 11) is 0. The van der Waals surface area contributed by atoms with Crippen molar-refractivity contribution < 1.29 is 18.3 Å². The van der Waals surface area contributed by atoms with E-state index in [9.17, 15) is 13.6 Å². The van der Waals surface area contributed by atoms with Gasteiger partial charge in [0.25, 0.3) is 5.91 Å². The lowest BCUT2D eigenvalue weighted by atomic mass is 9.86. The molecule has 24 heavy (non-hydrogen) atoms. The smallest absolute Gasteiger partial charge is 0.258 e. The van der Waals surface area contributed by atoms with E-state index in [1.807, 2.05) is 31.5 Å². The number of halogens is 2. The number of hydrogen-bond acceptors (Lipinski definition) is 3. The molecule has 1 aromatic carbocycles. The second-order valence-corrected chi connectivity index (χ2v) is 6.61. The van der Waals surface area contributed by atoms with Gasteiger partial charge in [-0.15, -0.1) is 0 Å². The molecule has 0 aliphatic carbocycles. The molecule has 1 amide bonds. The Kier molecular flexibility index (Phi) is 5.54. The number of imidazole rings is 1. The number of carbonyl (C=O) groups is 1. The first-order chi connectivity index (χ1) is 11.3. The molecular weight excluding hydrogens is 316 g/mol. The normalized spacial score (nSPS) is 12.7. The Labute approximate surface area is 139 Å². The van der Waals surface area contributed by atoms with Gasteiger partial charge in [0.05, 0.1) is 12.4 Å². The lowest BCUT2D eigenvalue weighted by Gasteiger charge is -2.31. The molecule has 1 N–H and O–H groups in total. The van der Waals surface area contributed by atoms with Crippen LogP contribution in [0.1, 0.15) is 20.8 Å². The van der Waals surface area contributed by atoms with Gasteiger partial charge in [0.1, 0.15) is 5.82 Å². The molecule has 1 unspecified atom stereocenters. The van der Waals surface area contributed by atoms with Crippen molar-refractivity contribution in [3.8, 4) is 5.75 Å². The number of ether oxygens (including phenoxy) is 1. The second-order valence-electron chi connectivity index (χ2n) is 6.61. The Morgan fingerprint density at radius 3 is 2.71 bits per heavy atom. The summed E-state index contributed by atoms with van der Waals surface area (Å²) in [5, 5.41) is 2.89. The lowest BCUT2D eigenvalue weighted by molar-refractivity contribution is -0.124. The minimum Gasteiger partial charge on any atom is -0.481 e. The maximum Gasteiger partial charge on any atom is 0.258 e. The monoisotopic (exact) mass is 337 g/mol. The number of benzene rings is 1. The van der Waals surface area contributed by atoms with E-state index in [0.29, 0.717) is 12.6 Å². The molecule has 130 valence electrons. The van der Waals surface area contributed by atoms with Crippen molar-refractivity contribution in [2.45, 2.75) is 33.4 Å². The summed E-state index contributed by atoms with van der Waals surface area (Å²) in [6.45, 7) is 6.24. The number of aromatic nitrogens is 2. The van der Waals surface area contributed by atoms with E-state index >= 15 is 0 Å². The average molecular weight is 337 g/mol. The van der Waals surface area contributed by atoms with E-state index in [0.717, 1.165) is 12.1 Å². The first-order valence-electron chi connectivity index (χ1n) is 7.58. The molecule has 0 fully saturated rings. The maximum atomic E-state index is 13.5. The van der Waals surface area contributed by atoms with Crippen LogP contribution in [0, 0.1) is 17.0 Å².